The van der Waals surface area contributed by atoms with E-state index < -0.39 is 23.7 Å². The molecular formula is C34H41N3O7. The molecule has 1 aromatic carbocycles. The van der Waals surface area contributed by atoms with Gasteiger partial charge in [-0.2, -0.15) is 0 Å². The number of esters is 1. The van der Waals surface area contributed by atoms with Gasteiger partial charge in [-0.1, -0.05) is 12.1 Å². The Balaban J connectivity index is 1.45. The van der Waals surface area contributed by atoms with Gasteiger partial charge in [0.1, 0.15) is 12.1 Å². The molecule has 3 heterocycles. The van der Waals surface area contributed by atoms with Crippen molar-refractivity contribution < 1.29 is 33.3 Å². The topological polar surface area (TPSA) is 117 Å². The summed E-state index contributed by atoms with van der Waals surface area (Å²) >= 11 is 0. The monoisotopic (exact) mass is 603 g/mol. The number of hydrogen-bond donors (Lipinski definition) is 0. The molecule has 0 unspecified atom stereocenters. The number of aryl methyl sites for hydroxylation is 2. The molecule has 10 nitrogen and oxygen atoms in total. The number of hydrogen-bond acceptors (Lipinski definition) is 9. The lowest BCUT2D eigenvalue weighted by Gasteiger charge is -2.34. The minimum atomic E-state index is -0.832. The molecule has 1 amide bonds. The summed E-state index contributed by atoms with van der Waals surface area (Å²) < 4.78 is 22.2. The summed E-state index contributed by atoms with van der Waals surface area (Å²) in [6, 6.07) is 9.95. The van der Waals surface area contributed by atoms with Crippen LogP contribution in [0.1, 0.15) is 66.4 Å². The van der Waals surface area contributed by atoms with Crippen LogP contribution in [0.4, 0.5) is 0 Å². The third kappa shape index (κ3) is 8.55. The van der Waals surface area contributed by atoms with E-state index in [9.17, 15) is 14.4 Å². The van der Waals surface area contributed by atoms with Gasteiger partial charge in [0.2, 0.25) is 5.75 Å². The number of rotatable bonds is 15. The standard InChI is InChI=1S/C34H41N3O7/c1-41-29-20-26(21-30(42-2)32(29)43-3)31(38)33(39)37-19-5-4-16-28(37)34(40)44-27(14-6-10-24-12-8-17-35-22-24)15-7-11-25-13-9-18-36-23-25/h8-9,12-13,17-18,20-23,27-28H,4-7,10-11,14-16,19H2,1-3H3/t28-/m1/s1. The van der Waals surface area contributed by atoms with Crippen LogP contribution in [0, 0.1) is 0 Å². The Hall–Kier alpha value is -4.47. The lowest BCUT2D eigenvalue weighted by molar-refractivity contribution is -0.161. The molecule has 4 rings (SSSR count). The molecule has 1 saturated heterocycles. The molecule has 10 heteroatoms. The number of nitrogens with zero attached hydrogens (tertiary/aromatic N) is 3. The fraction of sp³-hybridized carbons (Fsp3) is 0.441. The van der Waals surface area contributed by atoms with Crippen LogP contribution in [0.15, 0.2) is 61.2 Å². The van der Waals surface area contributed by atoms with Gasteiger partial charge in [-0.3, -0.25) is 19.6 Å². The van der Waals surface area contributed by atoms with Crippen LogP contribution in [-0.4, -0.2) is 72.5 Å². The van der Waals surface area contributed by atoms with Gasteiger partial charge in [0.05, 0.1) is 21.3 Å². The Bertz CT molecular complexity index is 1310. The number of pyridine rings is 2. The lowest BCUT2D eigenvalue weighted by Crippen LogP contribution is -2.51. The number of piperidine rings is 1. The van der Waals surface area contributed by atoms with Gasteiger partial charge in [0, 0.05) is 36.9 Å². The first kappa shape index (κ1) is 32.4. The SMILES string of the molecule is COc1cc(C(=O)C(=O)N2CCCC[C@@H]2C(=O)OC(CCCc2cccnc2)CCCc2cccnc2)cc(OC)c1OC. The molecule has 0 bridgehead atoms. The van der Waals surface area contributed by atoms with Crippen LogP contribution in [0.3, 0.4) is 0 Å². The van der Waals surface area contributed by atoms with Gasteiger partial charge in [-0.25, -0.2) is 4.79 Å². The van der Waals surface area contributed by atoms with Crippen molar-refractivity contribution in [3.05, 3.63) is 77.9 Å². The van der Waals surface area contributed by atoms with Crippen LogP contribution >= 0.6 is 0 Å². The molecular weight excluding hydrogens is 562 g/mol. The predicted molar refractivity (Wildman–Crippen MR) is 164 cm³/mol. The highest BCUT2D eigenvalue weighted by Crippen LogP contribution is 2.38. The number of amides is 1. The zero-order valence-corrected chi connectivity index (χ0v) is 25.7. The zero-order chi connectivity index (χ0) is 31.3. The van der Waals surface area contributed by atoms with Gasteiger partial charge in [-0.05, 0) is 93.2 Å². The summed E-state index contributed by atoms with van der Waals surface area (Å²) in [6.45, 7) is 0.293. The average Bonchev–Trinajstić information content (AvgIpc) is 3.07. The van der Waals surface area contributed by atoms with Crippen LogP contribution in [0.2, 0.25) is 0 Å². The Labute approximate surface area is 258 Å². The van der Waals surface area contributed by atoms with E-state index in [1.54, 1.807) is 12.4 Å². The lowest BCUT2D eigenvalue weighted by atomic mass is 9.99. The number of aromatic nitrogens is 2. The van der Waals surface area contributed by atoms with Gasteiger partial charge < -0.3 is 23.8 Å². The number of benzene rings is 1. The Morgan fingerprint density at radius 1 is 0.864 bits per heavy atom. The maximum absolute atomic E-state index is 13.6. The number of Topliss-reactive ketones (excluding diaryl/α,β-unsaturated/α-hetero) is 1. The highest BCUT2D eigenvalue weighted by Gasteiger charge is 2.37. The number of carbonyl (C=O) groups is 3. The highest BCUT2D eigenvalue weighted by atomic mass is 16.5. The van der Waals surface area contributed by atoms with Crippen LogP contribution in [0.25, 0.3) is 0 Å². The van der Waals surface area contributed by atoms with E-state index in [0.717, 1.165) is 43.2 Å². The second-order valence-corrected chi connectivity index (χ2v) is 10.8. The molecule has 2 aromatic heterocycles. The summed E-state index contributed by atoms with van der Waals surface area (Å²) in [5.74, 6) is -1.14. The normalized spacial score (nSPS) is 14.6. The Kier molecular flexibility index (Phi) is 12.1. The van der Waals surface area contributed by atoms with E-state index in [1.807, 2.05) is 36.7 Å². The summed E-state index contributed by atoms with van der Waals surface area (Å²) in [5, 5.41) is 0. The summed E-state index contributed by atoms with van der Waals surface area (Å²) in [4.78, 5) is 50.3. The number of ketones is 1. The first-order valence-corrected chi connectivity index (χ1v) is 15.1. The van der Waals surface area contributed by atoms with Crippen LogP contribution in [0.5, 0.6) is 17.2 Å². The summed E-state index contributed by atoms with van der Waals surface area (Å²) in [5.41, 5.74) is 2.34. The number of carbonyl (C=O) groups excluding carboxylic acids is 3. The molecule has 44 heavy (non-hydrogen) atoms. The number of likely N-dealkylation sites (tertiary alicyclic amines) is 1. The minimum Gasteiger partial charge on any atom is -0.493 e. The smallest absolute Gasteiger partial charge is 0.329 e. The Morgan fingerprint density at radius 2 is 1.45 bits per heavy atom. The Morgan fingerprint density at radius 3 is 1.95 bits per heavy atom. The van der Waals surface area contributed by atoms with Crippen molar-refractivity contribution in [2.45, 2.75) is 69.9 Å². The van der Waals surface area contributed by atoms with Gasteiger partial charge in [-0.15, -0.1) is 0 Å². The third-order valence-corrected chi connectivity index (χ3v) is 7.87. The van der Waals surface area contributed by atoms with Crippen molar-refractivity contribution >= 4 is 17.7 Å². The van der Waals surface area contributed by atoms with Crippen molar-refractivity contribution in [3.63, 3.8) is 0 Å². The molecule has 1 aliphatic rings. The van der Waals surface area contributed by atoms with Gasteiger partial charge in [0.25, 0.3) is 11.7 Å². The van der Waals surface area contributed by atoms with Gasteiger partial charge >= 0.3 is 5.97 Å². The molecule has 3 aromatic rings. The van der Waals surface area contributed by atoms with Gasteiger partial charge in [0.15, 0.2) is 11.5 Å². The van der Waals surface area contributed by atoms with Crippen molar-refractivity contribution in [1.29, 1.82) is 0 Å². The minimum absolute atomic E-state index is 0.0888. The maximum Gasteiger partial charge on any atom is 0.329 e. The van der Waals surface area contributed by atoms with Crippen LogP contribution in [-0.2, 0) is 27.2 Å². The van der Waals surface area contributed by atoms with Crippen molar-refractivity contribution in [2.24, 2.45) is 0 Å². The largest absolute Gasteiger partial charge is 0.493 e. The quantitative estimate of drug-likeness (QED) is 0.134. The van der Waals surface area contributed by atoms with Crippen molar-refractivity contribution in [3.8, 4) is 17.2 Å². The molecule has 1 aliphatic heterocycles. The van der Waals surface area contributed by atoms with Crippen molar-refractivity contribution in [1.82, 2.24) is 14.9 Å². The number of methoxy groups -OCH3 is 3. The molecule has 0 aliphatic carbocycles. The first-order valence-electron chi connectivity index (χ1n) is 15.1. The summed E-state index contributed by atoms with van der Waals surface area (Å²) in [7, 11) is 4.34. The molecule has 0 saturated carbocycles. The van der Waals surface area contributed by atoms with Crippen molar-refractivity contribution in [2.75, 3.05) is 27.9 Å². The van der Waals surface area contributed by atoms with Crippen LogP contribution < -0.4 is 14.2 Å². The van der Waals surface area contributed by atoms with E-state index in [-0.39, 0.29) is 23.2 Å². The molecule has 234 valence electrons. The second kappa shape index (κ2) is 16.4. The molecule has 1 atom stereocenters. The van der Waals surface area contributed by atoms with E-state index in [0.29, 0.717) is 38.0 Å². The van der Waals surface area contributed by atoms with E-state index in [2.05, 4.69) is 9.97 Å². The maximum atomic E-state index is 13.6. The zero-order valence-electron chi connectivity index (χ0n) is 25.7. The van der Waals surface area contributed by atoms with E-state index in [1.165, 1.54) is 38.4 Å². The van der Waals surface area contributed by atoms with E-state index in [4.69, 9.17) is 18.9 Å². The molecule has 0 N–H and O–H groups in total. The predicted octanol–water partition coefficient (Wildman–Crippen LogP) is 5.02. The fourth-order valence-electron chi connectivity index (χ4n) is 5.55. The average molecular weight is 604 g/mol. The first-order chi connectivity index (χ1) is 21.4. The summed E-state index contributed by atoms with van der Waals surface area (Å²) in [6.07, 6.45) is 13.4. The molecule has 1 fully saturated rings. The third-order valence-electron chi connectivity index (χ3n) is 7.87. The molecule has 0 spiro atoms. The van der Waals surface area contributed by atoms with E-state index >= 15 is 0 Å². The number of ether oxygens (including phenoxy) is 4. The second-order valence-electron chi connectivity index (χ2n) is 10.8. The highest BCUT2D eigenvalue weighted by molar-refractivity contribution is 6.43. The molecule has 0 radical (unpaired) electrons. The fourth-order valence-corrected chi connectivity index (χ4v) is 5.55.